The number of methoxy groups -OCH3 is 1. The van der Waals surface area contributed by atoms with Crippen molar-refractivity contribution in [3.8, 4) is 5.75 Å². The lowest BCUT2D eigenvalue weighted by atomic mass is 10.3. The van der Waals surface area contributed by atoms with Crippen LogP contribution in [0.4, 0.5) is 10.5 Å². The number of anilines is 1. The van der Waals surface area contributed by atoms with Gasteiger partial charge < -0.3 is 20.1 Å². The predicted octanol–water partition coefficient (Wildman–Crippen LogP) is 2.67. The van der Waals surface area contributed by atoms with Crippen molar-refractivity contribution in [1.82, 2.24) is 5.32 Å². The zero-order valence-corrected chi connectivity index (χ0v) is 12.6. The van der Waals surface area contributed by atoms with Crippen LogP contribution in [0.5, 0.6) is 5.75 Å². The maximum Gasteiger partial charge on any atom is 0.412 e. The third-order valence-corrected chi connectivity index (χ3v) is 2.37. The van der Waals surface area contributed by atoms with Gasteiger partial charge in [-0.25, -0.2) is 4.79 Å². The molecule has 0 aliphatic carbocycles. The van der Waals surface area contributed by atoms with Gasteiger partial charge in [-0.3, -0.25) is 4.79 Å². The monoisotopic (exact) mass is 292 g/mol. The Morgan fingerprint density at radius 3 is 2.62 bits per heavy atom. The molecule has 1 aromatic carbocycles. The molecule has 0 saturated heterocycles. The lowest BCUT2D eigenvalue weighted by molar-refractivity contribution is -0.112. The summed E-state index contributed by atoms with van der Waals surface area (Å²) in [6.07, 6.45) is 0.794. The van der Waals surface area contributed by atoms with Crippen LogP contribution in [0, 0.1) is 0 Å². The summed E-state index contributed by atoms with van der Waals surface area (Å²) in [5, 5.41) is 5.27. The smallest absolute Gasteiger partial charge is 0.412 e. The second kappa shape index (κ2) is 7.94. The normalized spacial score (nSPS) is 11.0. The van der Waals surface area contributed by atoms with Crippen molar-refractivity contribution in [2.75, 3.05) is 12.4 Å². The topological polar surface area (TPSA) is 76.7 Å². The highest BCUT2D eigenvalue weighted by Crippen LogP contribution is 2.17. The minimum Gasteiger partial charge on any atom is -0.501 e. The summed E-state index contributed by atoms with van der Waals surface area (Å²) in [6, 6.07) is 6.56. The zero-order chi connectivity index (χ0) is 15.8. The molecule has 0 fully saturated rings. The molecule has 2 N–H and O–H groups in total. The largest absolute Gasteiger partial charge is 0.501 e. The van der Waals surface area contributed by atoms with Crippen LogP contribution in [0.2, 0.25) is 0 Å². The molecule has 0 heterocycles. The van der Waals surface area contributed by atoms with E-state index in [1.54, 1.807) is 31.2 Å². The van der Waals surface area contributed by atoms with Crippen molar-refractivity contribution >= 4 is 17.7 Å². The zero-order valence-electron chi connectivity index (χ0n) is 12.6. The van der Waals surface area contributed by atoms with E-state index in [-0.39, 0.29) is 11.9 Å². The first-order valence-electron chi connectivity index (χ1n) is 6.52. The van der Waals surface area contributed by atoms with Gasteiger partial charge in [-0.05, 0) is 32.9 Å². The quantitative estimate of drug-likeness (QED) is 0.646. The molecule has 0 radical (unpaired) electrons. The Kier molecular flexibility index (Phi) is 6.26. The predicted molar refractivity (Wildman–Crippen MR) is 80.1 cm³/mol. The summed E-state index contributed by atoms with van der Waals surface area (Å²) in [5.41, 5.74) is 0.523. The number of hydrogen-bond donors (Lipinski definition) is 2. The fraction of sp³-hybridized carbons (Fsp3) is 0.333. The fourth-order valence-corrected chi connectivity index (χ4v) is 1.43. The molecule has 1 aromatic rings. The first kappa shape index (κ1) is 16.6. The highest BCUT2D eigenvalue weighted by molar-refractivity contribution is 5.99. The van der Waals surface area contributed by atoms with E-state index in [1.165, 1.54) is 13.2 Å². The molecule has 0 spiro atoms. The molecule has 0 bridgehead atoms. The fourth-order valence-electron chi connectivity index (χ4n) is 1.43. The molecule has 2 amide bonds. The summed E-state index contributed by atoms with van der Waals surface area (Å²) in [4.78, 5) is 23.2. The van der Waals surface area contributed by atoms with Gasteiger partial charge in [-0.15, -0.1) is 0 Å². The summed E-state index contributed by atoms with van der Waals surface area (Å²) in [7, 11) is 1.49. The molecular formula is C15H20N2O4. The number of ether oxygens (including phenoxy) is 2. The minimum atomic E-state index is -0.538. The number of benzene rings is 1. The Hall–Kier alpha value is -2.50. The molecule has 0 saturated carbocycles. The van der Waals surface area contributed by atoms with Crippen molar-refractivity contribution in [3.63, 3.8) is 0 Å². The van der Waals surface area contributed by atoms with Gasteiger partial charge in [0.25, 0.3) is 5.91 Å². The van der Waals surface area contributed by atoms with Crippen molar-refractivity contribution in [1.29, 1.82) is 0 Å². The minimum absolute atomic E-state index is 0.0115. The maximum atomic E-state index is 11.7. The molecule has 6 nitrogen and oxygen atoms in total. The summed E-state index contributed by atoms with van der Waals surface area (Å²) < 4.78 is 10.0. The third-order valence-electron chi connectivity index (χ3n) is 2.37. The Bertz CT molecular complexity index is 538. The molecule has 6 heteroatoms. The Labute approximate surface area is 124 Å². The number of carbonyl (C=O) groups excluding carboxylic acids is 2. The number of allylic oxidation sites excluding steroid dienone is 1. The van der Waals surface area contributed by atoms with Crippen LogP contribution in [0.3, 0.4) is 0 Å². The first-order chi connectivity index (χ1) is 9.90. The van der Waals surface area contributed by atoms with Gasteiger partial charge in [-0.2, -0.15) is 0 Å². The highest BCUT2D eigenvalue weighted by Gasteiger charge is 2.07. The molecule has 0 aromatic heterocycles. The Morgan fingerprint density at radius 1 is 1.29 bits per heavy atom. The van der Waals surface area contributed by atoms with Crippen molar-refractivity contribution in [3.05, 3.63) is 36.1 Å². The third kappa shape index (κ3) is 6.47. The first-order valence-corrected chi connectivity index (χ1v) is 6.52. The van der Waals surface area contributed by atoms with Gasteiger partial charge in [-0.1, -0.05) is 6.07 Å². The molecule has 0 aliphatic rings. The van der Waals surface area contributed by atoms with E-state index in [9.17, 15) is 9.59 Å². The second-order valence-corrected chi connectivity index (χ2v) is 4.66. The van der Waals surface area contributed by atoms with Crippen LogP contribution < -0.4 is 15.4 Å². The molecule has 114 valence electrons. The number of rotatable bonds is 5. The van der Waals surface area contributed by atoms with Gasteiger partial charge in [0.15, 0.2) is 0 Å². The lowest BCUT2D eigenvalue weighted by Crippen LogP contribution is -2.32. The van der Waals surface area contributed by atoms with Crippen LogP contribution in [-0.4, -0.2) is 25.2 Å². The van der Waals surface area contributed by atoms with Gasteiger partial charge in [0, 0.05) is 23.9 Å². The van der Waals surface area contributed by atoms with Gasteiger partial charge in [0.2, 0.25) is 0 Å². The van der Waals surface area contributed by atoms with Crippen molar-refractivity contribution in [2.24, 2.45) is 0 Å². The van der Waals surface area contributed by atoms with Gasteiger partial charge >= 0.3 is 6.09 Å². The SMILES string of the molecule is COC(C)=CC(=O)Nc1cccc(OC(=O)NC(C)C)c1. The van der Waals surface area contributed by atoms with Gasteiger partial charge in [0.1, 0.15) is 5.75 Å². The van der Waals surface area contributed by atoms with Crippen LogP contribution in [0.15, 0.2) is 36.1 Å². The van der Waals surface area contributed by atoms with Crippen LogP contribution in [0.25, 0.3) is 0 Å². The molecule has 0 aliphatic heterocycles. The standard InChI is InChI=1S/C15H20N2O4/c1-10(2)16-15(19)21-13-7-5-6-12(9-13)17-14(18)8-11(3)20-4/h5-10H,1-4H3,(H,16,19)(H,17,18). The van der Waals surface area contributed by atoms with E-state index < -0.39 is 6.09 Å². The lowest BCUT2D eigenvalue weighted by Gasteiger charge is -2.10. The number of nitrogens with one attached hydrogen (secondary N) is 2. The highest BCUT2D eigenvalue weighted by atomic mass is 16.6. The second-order valence-electron chi connectivity index (χ2n) is 4.66. The number of hydrogen-bond acceptors (Lipinski definition) is 4. The number of carbonyl (C=O) groups is 2. The average Bonchev–Trinajstić information content (AvgIpc) is 2.37. The summed E-state index contributed by atoms with van der Waals surface area (Å²) in [5.74, 6) is 0.521. The maximum absolute atomic E-state index is 11.7. The van der Waals surface area contributed by atoms with Crippen molar-refractivity contribution < 1.29 is 19.1 Å². The van der Waals surface area contributed by atoms with E-state index in [0.717, 1.165) is 0 Å². The van der Waals surface area contributed by atoms with Gasteiger partial charge in [0.05, 0.1) is 12.9 Å². The Balaban J connectivity index is 2.68. The Morgan fingerprint density at radius 2 is 2.00 bits per heavy atom. The molecule has 0 atom stereocenters. The molecule has 21 heavy (non-hydrogen) atoms. The molecule has 1 rings (SSSR count). The van der Waals surface area contributed by atoms with Crippen LogP contribution in [-0.2, 0) is 9.53 Å². The van der Waals surface area contributed by atoms with E-state index in [4.69, 9.17) is 9.47 Å². The van der Waals surface area contributed by atoms with Crippen LogP contribution in [0.1, 0.15) is 20.8 Å². The summed E-state index contributed by atoms with van der Waals surface area (Å²) >= 11 is 0. The molecular weight excluding hydrogens is 272 g/mol. The van der Waals surface area contributed by atoms with E-state index in [0.29, 0.717) is 17.2 Å². The molecule has 0 unspecified atom stereocenters. The van der Waals surface area contributed by atoms with Crippen LogP contribution >= 0.6 is 0 Å². The van der Waals surface area contributed by atoms with E-state index >= 15 is 0 Å². The average molecular weight is 292 g/mol. The van der Waals surface area contributed by atoms with E-state index in [2.05, 4.69) is 10.6 Å². The van der Waals surface area contributed by atoms with Crippen molar-refractivity contribution in [2.45, 2.75) is 26.8 Å². The number of amides is 2. The summed E-state index contributed by atoms with van der Waals surface area (Å²) in [6.45, 7) is 5.35. The van der Waals surface area contributed by atoms with E-state index in [1.807, 2.05) is 13.8 Å².